The molecule has 0 rings (SSSR count). The lowest BCUT2D eigenvalue weighted by Gasteiger charge is -2.25. The third kappa shape index (κ3) is 63.8. The monoisotopic (exact) mass is 1150 g/mol. The van der Waals surface area contributed by atoms with Crippen molar-refractivity contribution < 1.29 is 42.9 Å². The second-order valence-corrected chi connectivity index (χ2v) is 21.6. The van der Waals surface area contributed by atoms with Crippen LogP contribution >= 0.6 is 0 Å². The molecule has 0 fully saturated rings. The molecule has 0 saturated heterocycles. The van der Waals surface area contributed by atoms with E-state index in [1.54, 1.807) is 0 Å². The summed E-state index contributed by atoms with van der Waals surface area (Å²) < 4.78 is 22.8. The molecule has 9 heteroatoms. The van der Waals surface area contributed by atoms with Gasteiger partial charge >= 0.3 is 17.9 Å². The van der Waals surface area contributed by atoms with E-state index in [1.165, 1.54) is 38.5 Å². The smallest absolute Gasteiger partial charge is 0.361 e. The molecule has 0 radical (unpaired) electrons. The number of hydrogen-bond acceptors (Lipinski definition) is 7. The highest BCUT2D eigenvalue weighted by Gasteiger charge is 2.25. The first kappa shape index (κ1) is 77.4. The highest BCUT2D eigenvalue weighted by atomic mass is 16.7. The zero-order chi connectivity index (χ0) is 60.5. The van der Waals surface area contributed by atoms with Gasteiger partial charge in [0.15, 0.2) is 6.10 Å². The number of hydrogen-bond donors (Lipinski definition) is 1. The Hall–Kier alpha value is -5.61. The van der Waals surface area contributed by atoms with Gasteiger partial charge < -0.3 is 28.5 Å². The number of rotatable bonds is 56. The lowest BCUT2D eigenvalue weighted by atomic mass is 10.1. The first-order valence-electron chi connectivity index (χ1n) is 31.9. The van der Waals surface area contributed by atoms with Gasteiger partial charge in [0.05, 0.1) is 34.4 Å². The summed E-state index contributed by atoms with van der Waals surface area (Å²) >= 11 is 0. The van der Waals surface area contributed by atoms with E-state index in [9.17, 15) is 19.5 Å². The van der Waals surface area contributed by atoms with Crippen molar-refractivity contribution in [3.05, 3.63) is 182 Å². The Balaban J connectivity index is 4.36. The van der Waals surface area contributed by atoms with Gasteiger partial charge in [0.1, 0.15) is 13.2 Å². The average Bonchev–Trinajstić information content (AvgIpc) is 3.46. The van der Waals surface area contributed by atoms with E-state index >= 15 is 0 Å². The van der Waals surface area contributed by atoms with Crippen molar-refractivity contribution in [1.82, 2.24) is 0 Å². The van der Waals surface area contributed by atoms with Crippen LogP contribution in [-0.4, -0.2) is 87.4 Å². The van der Waals surface area contributed by atoms with Gasteiger partial charge in [0.2, 0.25) is 0 Å². The largest absolute Gasteiger partial charge is 0.477 e. The van der Waals surface area contributed by atoms with Crippen molar-refractivity contribution in [2.45, 2.75) is 219 Å². The summed E-state index contributed by atoms with van der Waals surface area (Å²) in [6, 6.07) is 0. The minimum Gasteiger partial charge on any atom is -0.477 e. The zero-order valence-corrected chi connectivity index (χ0v) is 52.8. The molecule has 0 aromatic heterocycles. The Bertz CT molecular complexity index is 2010. The van der Waals surface area contributed by atoms with Crippen LogP contribution in [0.15, 0.2) is 182 Å². The normalized spacial score (nSPS) is 14.0. The van der Waals surface area contributed by atoms with Crippen molar-refractivity contribution in [2.24, 2.45) is 0 Å². The van der Waals surface area contributed by atoms with Gasteiger partial charge in [-0.05, 0) is 128 Å². The predicted molar refractivity (Wildman–Crippen MR) is 354 cm³/mol. The van der Waals surface area contributed by atoms with E-state index in [0.29, 0.717) is 23.9 Å². The fraction of sp³-hybridized carbons (Fsp3) is 0.554. The topological polar surface area (TPSA) is 108 Å². The first-order valence-corrected chi connectivity index (χ1v) is 31.9. The van der Waals surface area contributed by atoms with Crippen molar-refractivity contribution >= 4 is 17.9 Å². The maximum Gasteiger partial charge on any atom is 0.361 e. The van der Waals surface area contributed by atoms with Crippen LogP contribution in [0, 0.1) is 0 Å². The number of ether oxygens (including phenoxy) is 4. The second-order valence-electron chi connectivity index (χ2n) is 21.6. The molecule has 0 aliphatic heterocycles. The summed E-state index contributed by atoms with van der Waals surface area (Å²) in [6.07, 6.45) is 92.7. The number of allylic oxidation sites excluding steroid dienone is 30. The maximum atomic E-state index is 12.9. The van der Waals surface area contributed by atoms with Gasteiger partial charge in [-0.2, -0.15) is 0 Å². The molecule has 0 aromatic rings. The van der Waals surface area contributed by atoms with Crippen LogP contribution in [0.4, 0.5) is 0 Å². The van der Waals surface area contributed by atoms with Crippen LogP contribution in [0.1, 0.15) is 206 Å². The van der Waals surface area contributed by atoms with Crippen molar-refractivity contribution in [1.29, 1.82) is 0 Å². The number of carboxylic acid groups (broad SMARTS) is 1. The van der Waals surface area contributed by atoms with Gasteiger partial charge in [-0.25, -0.2) is 4.79 Å². The van der Waals surface area contributed by atoms with Gasteiger partial charge in [-0.1, -0.05) is 247 Å². The lowest BCUT2D eigenvalue weighted by molar-refractivity contribution is -0.870. The van der Waals surface area contributed by atoms with Crippen LogP contribution in [0.25, 0.3) is 0 Å². The fourth-order valence-corrected chi connectivity index (χ4v) is 7.84. The minimum atomic E-state index is -1.54. The Morgan fingerprint density at radius 3 is 1.00 bits per heavy atom. The maximum absolute atomic E-state index is 12.9. The highest BCUT2D eigenvalue weighted by Crippen LogP contribution is 2.14. The molecule has 2 unspecified atom stereocenters. The predicted octanol–water partition coefficient (Wildman–Crippen LogP) is 19.7. The summed E-state index contributed by atoms with van der Waals surface area (Å²) in [5.74, 6) is -2.12. The van der Waals surface area contributed by atoms with E-state index in [4.69, 9.17) is 18.9 Å². The third-order valence-corrected chi connectivity index (χ3v) is 12.7. The number of likely N-dealkylation sites (N-methyl/N-ethyl adjacent to an activating group) is 1. The number of aliphatic carboxylic acids is 1. The molecular weight excluding hydrogens is 1030 g/mol. The molecule has 9 nitrogen and oxygen atoms in total. The Kier molecular flexibility index (Phi) is 58.2. The highest BCUT2D eigenvalue weighted by molar-refractivity contribution is 5.71. The average molecular weight is 1150 g/mol. The fourth-order valence-electron chi connectivity index (χ4n) is 7.84. The molecule has 0 aromatic carbocycles. The minimum absolute atomic E-state index is 0.165. The third-order valence-electron chi connectivity index (χ3n) is 12.7. The second kappa shape index (κ2) is 62.4. The molecular formula is C74H116NO8+. The number of carbonyl (C=O) groups is 3. The molecule has 0 saturated carbocycles. The summed E-state index contributed by atoms with van der Waals surface area (Å²) in [7, 11) is 5.94. The molecule has 0 amide bonds. The Morgan fingerprint density at radius 1 is 0.361 bits per heavy atom. The van der Waals surface area contributed by atoms with Gasteiger partial charge in [-0.15, -0.1) is 0 Å². The molecule has 83 heavy (non-hydrogen) atoms. The molecule has 0 heterocycles. The molecule has 0 aliphatic carbocycles. The van der Waals surface area contributed by atoms with E-state index < -0.39 is 24.3 Å². The van der Waals surface area contributed by atoms with Crippen LogP contribution in [0.5, 0.6) is 0 Å². The summed E-state index contributed by atoms with van der Waals surface area (Å²) in [5, 5.41) is 9.73. The molecule has 0 aliphatic rings. The number of carbonyl (C=O) groups excluding carboxylic acids is 2. The SMILES string of the molecule is CC/C=C\C/C=C\C/C=C\C/C=C\C/C=C\C/C=C\C/C=C\C/C=C\C/C=C\CCCC(=O)OC(COC(=O)CCCCCCCCCCCC/C=C\C/C=C\C/C=C\C/C=C\C/C=C\C/C=C\CC)COC(OCC[N+](C)(C)C)C(=O)O. The van der Waals surface area contributed by atoms with Gasteiger partial charge in [-0.3, -0.25) is 9.59 Å². The number of esters is 2. The van der Waals surface area contributed by atoms with Crippen LogP contribution in [0.2, 0.25) is 0 Å². The van der Waals surface area contributed by atoms with E-state index in [2.05, 4.69) is 196 Å². The van der Waals surface area contributed by atoms with Crippen LogP contribution in [0.3, 0.4) is 0 Å². The Morgan fingerprint density at radius 2 is 0.663 bits per heavy atom. The van der Waals surface area contributed by atoms with Crippen molar-refractivity contribution in [3.8, 4) is 0 Å². The molecule has 464 valence electrons. The number of unbranched alkanes of at least 4 members (excludes halogenated alkanes) is 11. The molecule has 0 spiro atoms. The summed E-state index contributed by atoms with van der Waals surface area (Å²) in [4.78, 5) is 37.5. The zero-order valence-electron chi connectivity index (χ0n) is 52.8. The van der Waals surface area contributed by atoms with E-state index in [-0.39, 0.29) is 38.6 Å². The summed E-state index contributed by atoms with van der Waals surface area (Å²) in [6.45, 7) is 4.55. The standard InChI is InChI=1S/C74H115NO8/c1-6-8-10-12-14-16-18-20-22-24-26-28-30-32-34-36-38-40-42-44-46-48-50-52-54-56-58-60-62-64-71(76)81-68-70(69-82-74(73(78)79)80-67-66-75(3,4)5)83-72(77)65-63-61-59-57-55-53-51-49-47-45-43-41-39-37-35-33-31-29-27-25-23-21-19-17-15-13-11-9-7-2/h8-11,14-17,20-23,26-29,32-35,38-41,45,47,51,53,57,59,70,74H,6-7,12-13,18-19,24-25,30-31,36-37,42-44,46,48-50,52,54-56,58,60-69H2,1-5H3/p+1/b10-8-,11-9-,16-14-,17-15-,22-20-,23-21-,28-26-,29-27-,34-32-,35-33-,40-38-,41-39-,47-45-,53-51-,59-57-. The van der Waals surface area contributed by atoms with E-state index in [1.807, 2.05) is 21.1 Å². The number of quaternary nitrogens is 1. The molecule has 1 N–H and O–H groups in total. The summed E-state index contributed by atoms with van der Waals surface area (Å²) in [5.41, 5.74) is 0. The molecule has 0 bridgehead atoms. The first-order chi connectivity index (χ1) is 40.6. The van der Waals surface area contributed by atoms with Gasteiger partial charge in [0, 0.05) is 12.8 Å². The number of carboxylic acids is 1. The Labute approximate surface area is 507 Å². The lowest BCUT2D eigenvalue weighted by Crippen LogP contribution is -2.40. The quantitative estimate of drug-likeness (QED) is 0.0211. The van der Waals surface area contributed by atoms with E-state index in [0.717, 1.165) is 128 Å². The van der Waals surface area contributed by atoms with Crippen molar-refractivity contribution in [2.75, 3.05) is 47.5 Å². The van der Waals surface area contributed by atoms with Crippen LogP contribution < -0.4 is 0 Å². The van der Waals surface area contributed by atoms with Gasteiger partial charge in [0.25, 0.3) is 6.29 Å². The van der Waals surface area contributed by atoms with Crippen molar-refractivity contribution in [3.63, 3.8) is 0 Å². The van der Waals surface area contributed by atoms with Crippen LogP contribution in [-0.2, 0) is 33.3 Å². The number of nitrogens with zero attached hydrogens (tertiary/aromatic N) is 1. The molecule has 2 atom stereocenters.